The molecule has 5 nitrogen and oxygen atoms in total. The number of aliphatic hydroxyl groups is 1. The molecule has 0 bridgehead atoms. The molecule has 2 amide bonds. The summed E-state index contributed by atoms with van der Waals surface area (Å²) in [4.78, 5) is 11.7. The standard InChI is InChI=1S/C13H26N2O3/c1-10(8-16)11(2)15-12(17)14-9-13(4-5-13)6-7-18-3/h10-11,16H,4-9H2,1-3H3,(H2,14,15,17). The highest BCUT2D eigenvalue weighted by Crippen LogP contribution is 2.48. The van der Waals surface area contributed by atoms with Crippen LogP contribution in [0.15, 0.2) is 0 Å². The maximum atomic E-state index is 11.7. The number of amides is 2. The first kappa shape index (κ1) is 15.2. The van der Waals surface area contributed by atoms with Gasteiger partial charge in [0.15, 0.2) is 0 Å². The summed E-state index contributed by atoms with van der Waals surface area (Å²) in [6, 6.07) is -0.171. The van der Waals surface area contributed by atoms with Gasteiger partial charge in [-0.25, -0.2) is 4.79 Å². The lowest BCUT2D eigenvalue weighted by Gasteiger charge is -2.21. The lowest BCUT2D eigenvalue weighted by atomic mass is 10.0. The number of methoxy groups -OCH3 is 1. The fourth-order valence-electron chi connectivity index (χ4n) is 1.84. The van der Waals surface area contributed by atoms with E-state index in [2.05, 4.69) is 10.6 Å². The molecule has 1 aliphatic rings. The van der Waals surface area contributed by atoms with Crippen LogP contribution in [0.2, 0.25) is 0 Å². The number of hydrogen-bond donors (Lipinski definition) is 3. The van der Waals surface area contributed by atoms with Crippen molar-refractivity contribution in [3.8, 4) is 0 Å². The first-order valence-electron chi connectivity index (χ1n) is 6.67. The molecule has 0 heterocycles. The molecule has 0 aliphatic heterocycles. The van der Waals surface area contributed by atoms with Crippen molar-refractivity contribution in [1.82, 2.24) is 10.6 Å². The fraction of sp³-hybridized carbons (Fsp3) is 0.923. The Labute approximate surface area is 109 Å². The second kappa shape index (κ2) is 6.95. The predicted octanol–water partition coefficient (Wildman–Crippen LogP) is 1.12. The van der Waals surface area contributed by atoms with E-state index in [1.165, 1.54) is 12.8 Å². The van der Waals surface area contributed by atoms with Crippen LogP contribution in [-0.2, 0) is 4.74 Å². The van der Waals surface area contributed by atoms with Gasteiger partial charge in [-0.3, -0.25) is 0 Å². The molecule has 3 N–H and O–H groups in total. The largest absolute Gasteiger partial charge is 0.396 e. The highest BCUT2D eigenvalue weighted by Gasteiger charge is 2.42. The second-order valence-electron chi connectivity index (χ2n) is 5.52. The molecule has 2 atom stereocenters. The molecule has 0 aromatic heterocycles. The van der Waals surface area contributed by atoms with Gasteiger partial charge in [-0.05, 0) is 37.5 Å². The third kappa shape index (κ3) is 4.82. The van der Waals surface area contributed by atoms with E-state index in [0.717, 1.165) is 13.0 Å². The van der Waals surface area contributed by atoms with Crippen LogP contribution in [0.3, 0.4) is 0 Å². The number of hydrogen-bond acceptors (Lipinski definition) is 3. The van der Waals surface area contributed by atoms with Crippen molar-refractivity contribution in [1.29, 1.82) is 0 Å². The summed E-state index contributed by atoms with van der Waals surface area (Å²) in [6.07, 6.45) is 3.34. The van der Waals surface area contributed by atoms with Crippen molar-refractivity contribution in [2.45, 2.75) is 39.2 Å². The summed E-state index contributed by atoms with van der Waals surface area (Å²) < 4.78 is 5.08. The van der Waals surface area contributed by atoms with Crippen LogP contribution in [0.5, 0.6) is 0 Å². The van der Waals surface area contributed by atoms with E-state index in [0.29, 0.717) is 6.54 Å². The number of urea groups is 1. The quantitative estimate of drug-likeness (QED) is 0.611. The minimum absolute atomic E-state index is 0.0240. The average Bonchev–Trinajstić information content (AvgIpc) is 3.13. The van der Waals surface area contributed by atoms with E-state index >= 15 is 0 Å². The number of carbonyl (C=O) groups is 1. The Morgan fingerprint density at radius 3 is 2.61 bits per heavy atom. The third-order valence-electron chi connectivity index (χ3n) is 3.92. The topological polar surface area (TPSA) is 70.6 Å². The molecule has 0 radical (unpaired) electrons. The monoisotopic (exact) mass is 258 g/mol. The Balaban J connectivity index is 2.21. The van der Waals surface area contributed by atoms with E-state index in [9.17, 15) is 4.79 Å². The molecule has 5 heteroatoms. The predicted molar refractivity (Wildman–Crippen MR) is 70.4 cm³/mol. The van der Waals surface area contributed by atoms with Gasteiger partial charge in [-0.2, -0.15) is 0 Å². The number of nitrogens with one attached hydrogen (secondary N) is 2. The Hall–Kier alpha value is -0.810. The van der Waals surface area contributed by atoms with E-state index in [1.54, 1.807) is 7.11 Å². The van der Waals surface area contributed by atoms with Gasteiger partial charge in [0.05, 0.1) is 0 Å². The SMILES string of the molecule is COCCC1(CNC(=O)NC(C)C(C)CO)CC1. The zero-order valence-electron chi connectivity index (χ0n) is 11.7. The minimum Gasteiger partial charge on any atom is -0.396 e. The van der Waals surface area contributed by atoms with Crippen molar-refractivity contribution >= 4 is 6.03 Å². The summed E-state index contributed by atoms with van der Waals surface area (Å²) in [5, 5.41) is 14.8. The van der Waals surface area contributed by atoms with E-state index in [1.807, 2.05) is 13.8 Å². The number of ether oxygens (including phenoxy) is 1. The van der Waals surface area contributed by atoms with Crippen LogP contribution in [0, 0.1) is 11.3 Å². The van der Waals surface area contributed by atoms with Gasteiger partial charge in [-0.15, -0.1) is 0 Å². The van der Waals surface area contributed by atoms with E-state index < -0.39 is 0 Å². The minimum atomic E-state index is -0.147. The van der Waals surface area contributed by atoms with Gasteiger partial charge < -0.3 is 20.5 Å². The molecule has 2 unspecified atom stereocenters. The molecule has 0 aromatic carbocycles. The van der Waals surface area contributed by atoms with Gasteiger partial charge in [0, 0.05) is 32.9 Å². The third-order valence-corrected chi connectivity index (χ3v) is 3.92. The second-order valence-corrected chi connectivity index (χ2v) is 5.52. The molecular formula is C13H26N2O3. The molecular weight excluding hydrogens is 232 g/mol. The van der Waals surface area contributed by atoms with E-state index in [4.69, 9.17) is 9.84 Å². The van der Waals surface area contributed by atoms with Gasteiger partial charge in [0.1, 0.15) is 0 Å². The first-order chi connectivity index (χ1) is 8.53. The molecule has 18 heavy (non-hydrogen) atoms. The van der Waals surface area contributed by atoms with Gasteiger partial charge in [0.2, 0.25) is 0 Å². The summed E-state index contributed by atoms with van der Waals surface area (Å²) in [5.41, 5.74) is 0.263. The first-order valence-corrected chi connectivity index (χ1v) is 6.67. The molecule has 0 saturated heterocycles. The average molecular weight is 258 g/mol. The lowest BCUT2D eigenvalue weighted by Crippen LogP contribution is -2.45. The Bertz CT molecular complexity index is 267. The molecule has 0 spiro atoms. The normalized spacial score (nSPS) is 20.0. The summed E-state index contributed by atoms with van der Waals surface area (Å²) in [7, 11) is 1.70. The van der Waals surface area contributed by atoms with Crippen LogP contribution in [0.25, 0.3) is 0 Å². The molecule has 0 aromatic rings. The van der Waals surface area contributed by atoms with Crippen LogP contribution in [0.1, 0.15) is 33.1 Å². The van der Waals surface area contributed by atoms with Crippen LogP contribution in [-0.4, -0.2) is 44.0 Å². The van der Waals surface area contributed by atoms with Gasteiger partial charge in [-0.1, -0.05) is 6.92 Å². The zero-order valence-corrected chi connectivity index (χ0v) is 11.7. The number of carbonyl (C=O) groups excluding carboxylic acids is 1. The smallest absolute Gasteiger partial charge is 0.315 e. The van der Waals surface area contributed by atoms with E-state index in [-0.39, 0.29) is 30.0 Å². The molecule has 1 rings (SSSR count). The van der Waals surface area contributed by atoms with Gasteiger partial charge in [0.25, 0.3) is 0 Å². The van der Waals surface area contributed by atoms with Crippen molar-refractivity contribution in [3.05, 3.63) is 0 Å². The Kier molecular flexibility index (Phi) is 5.88. The maximum absolute atomic E-state index is 11.7. The molecule has 1 aliphatic carbocycles. The van der Waals surface area contributed by atoms with Crippen molar-refractivity contribution in [2.75, 3.05) is 26.9 Å². The highest BCUT2D eigenvalue weighted by atomic mass is 16.5. The van der Waals surface area contributed by atoms with Crippen LogP contribution < -0.4 is 10.6 Å². The molecule has 106 valence electrons. The van der Waals surface area contributed by atoms with Crippen molar-refractivity contribution in [3.63, 3.8) is 0 Å². The number of aliphatic hydroxyl groups excluding tert-OH is 1. The fourth-order valence-corrected chi connectivity index (χ4v) is 1.84. The van der Waals surface area contributed by atoms with Crippen LogP contribution >= 0.6 is 0 Å². The Morgan fingerprint density at radius 2 is 2.11 bits per heavy atom. The highest BCUT2D eigenvalue weighted by molar-refractivity contribution is 5.74. The summed E-state index contributed by atoms with van der Waals surface area (Å²) >= 11 is 0. The zero-order chi connectivity index (χ0) is 13.6. The molecule has 1 fully saturated rings. The van der Waals surface area contributed by atoms with Crippen molar-refractivity contribution < 1.29 is 14.6 Å². The maximum Gasteiger partial charge on any atom is 0.315 e. The molecule has 1 saturated carbocycles. The van der Waals surface area contributed by atoms with Gasteiger partial charge >= 0.3 is 6.03 Å². The lowest BCUT2D eigenvalue weighted by molar-refractivity contribution is 0.170. The summed E-state index contributed by atoms with van der Waals surface area (Å²) in [6.45, 7) is 5.35. The Morgan fingerprint density at radius 1 is 1.44 bits per heavy atom. The number of rotatable bonds is 8. The van der Waals surface area contributed by atoms with Crippen LogP contribution in [0.4, 0.5) is 4.79 Å². The summed E-state index contributed by atoms with van der Waals surface area (Å²) in [5.74, 6) is 0.0686. The van der Waals surface area contributed by atoms with Crippen molar-refractivity contribution in [2.24, 2.45) is 11.3 Å².